The molecule has 1 aliphatic heterocycles. The van der Waals surface area contributed by atoms with Crippen LogP contribution in [-0.4, -0.2) is 48.9 Å². The molecule has 1 rings (SSSR count). The summed E-state index contributed by atoms with van der Waals surface area (Å²) in [6.45, 7) is 3.67. The molecule has 0 aromatic rings. The average Bonchev–Trinajstić information content (AvgIpc) is 2.26. The lowest BCUT2D eigenvalue weighted by atomic mass is 9.94. The first-order chi connectivity index (χ1) is 7.93. The monoisotopic (exact) mass is 242 g/mol. The van der Waals surface area contributed by atoms with Gasteiger partial charge >= 0.3 is 5.97 Å². The first kappa shape index (κ1) is 13.5. The molecule has 2 amide bonds. The third kappa shape index (κ3) is 3.72. The van der Waals surface area contributed by atoms with Crippen LogP contribution < -0.4 is 5.32 Å². The fraction of sp³-hybridized carbons (Fsp3) is 0.727. The van der Waals surface area contributed by atoms with Gasteiger partial charge in [-0.05, 0) is 6.42 Å². The van der Waals surface area contributed by atoms with E-state index in [1.807, 2.05) is 0 Å². The highest BCUT2D eigenvalue weighted by Crippen LogP contribution is 2.18. The molecule has 0 bridgehead atoms. The minimum Gasteiger partial charge on any atom is -0.469 e. The van der Waals surface area contributed by atoms with E-state index in [1.165, 1.54) is 21.0 Å². The standard InChI is InChI=1S/C11H18N2O4/c1-7(14)12-10-4-9(11(16)17-3)5-13(6-10)8(2)15/h9-10H,4-6H2,1-3H3,(H,12,14). The number of hydrogen-bond donors (Lipinski definition) is 1. The first-order valence-electron chi connectivity index (χ1n) is 5.54. The summed E-state index contributed by atoms with van der Waals surface area (Å²) in [7, 11) is 1.32. The van der Waals surface area contributed by atoms with Gasteiger partial charge in [0, 0.05) is 33.0 Å². The largest absolute Gasteiger partial charge is 0.469 e. The number of carbonyl (C=O) groups excluding carboxylic acids is 3. The highest BCUT2D eigenvalue weighted by molar-refractivity contribution is 5.78. The number of ether oxygens (including phenoxy) is 1. The number of methoxy groups -OCH3 is 1. The lowest BCUT2D eigenvalue weighted by molar-refractivity contribution is -0.149. The van der Waals surface area contributed by atoms with Crippen LogP contribution in [0.3, 0.4) is 0 Å². The molecule has 0 spiro atoms. The third-order valence-corrected chi connectivity index (χ3v) is 2.84. The Balaban J connectivity index is 2.72. The van der Waals surface area contributed by atoms with Crippen molar-refractivity contribution in [1.82, 2.24) is 10.2 Å². The van der Waals surface area contributed by atoms with Gasteiger partial charge in [-0.2, -0.15) is 0 Å². The predicted molar refractivity (Wildman–Crippen MR) is 60.0 cm³/mol. The maximum absolute atomic E-state index is 11.5. The molecule has 0 radical (unpaired) electrons. The normalized spacial score (nSPS) is 24.1. The van der Waals surface area contributed by atoms with Gasteiger partial charge in [0.25, 0.3) is 0 Å². The predicted octanol–water partition coefficient (Wildman–Crippen LogP) is -0.467. The minimum absolute atomic E-state index is 0.103. The van der Waals surface area contributed by atoms with Gasteiger partial charge < -0.3 is 15.0 Å². The van der Waals surface area contributed by atoms with Crippen LogP contribution >= 0.6 is 0 Å². The number of carbonyl (C=O) groups is 3. The average molecular weight is 242 g/mol. The molecule has 2 atom stereocenters. The molecular formula is C11H18N2O4. The van der Waals surface area contributed by atoms with Gasteiger partial charge in [0.05, 0.1) is 13.0 Å². The lowest BCUT2D eigenvalue weighted by Crippen LogP contribution is -2.53. The Bertz CT molecular complexity index is 329. The van der Waals surface area contributed by atoms with Crippen LogP contribution in [-0.2, 0) is 19.1 Å². The fourth-order valence-corrected chi connectivity index (χ4v) is 2.09. The van der Waals surface area contributed by atoms with Gasteiger partial charge in [-0.25, -0.2) is 0 Å². The SMILES string of the molecule is COC(=O)C1CC(NC(C)=O)CN(C(C)=O)C1. The van der Waals surface area contributed by atoms with Crippen molar-refractivity contribution in [2.24, 2.45) is 5.92 Å². The molecule has 6 heteroatoms. The molecule has 6 nitrogen and oxygen atoms in total. The Labute approximate surface area is 100 Å². The molecular weight excluding hydrogens is 224 g/mol. The molecule has 1 saturated heterocycles. The smallest absolute Gasteiger partial charge is 0.310 e. The van der Waals surface area contributed by atoms with Gasteiger partial charge in [-0.1, -0.05) is 0 Å². The molecule has 1 aliphatic rings. The van der Waals surface area contributed by atoms with Gasteiger partial charge in [-0.15, -0.1) is 0 Å². The van der Waals surface area contributed by atoms with E-state index in [9.17, 15) is 14.4 Å². The van der Waals surface area contributed by atoms with Gasteiger partial charge in [0.1, 0.15) is 0 Å². The van der Waals surface area contributed by atoms with E-state index in [1.54, 1.807) is 4.90 Å². The van der Waals surface area contributed by atoms with E-state index in [0.29, 0.717) is 19.5 Å². The van der Waals surface area contributed by atoms with Crippen LogP contribution in [0.15, 0.2) is 0 Å². The highest BCUT2D eigenvalue weighted by Gasteiger charge is 2.33. The highest BCUT2D eigenvalue weighted by atomic mass is 16.5. The van der Waals surface area contributed by atoms with E-state index < -0.39 is 0 Å². The summed E-state index contributed by atoms with van der Waals surface area (Å²) in [6.07, 6.45) is 0.510. The number of amides is 2. The van der Waals surface area contributed by atoms with Crippen molar-refractivity contribution < 1.29 is 19.1 Å². The summed E-state index contributed by atoms with van der Waals surface area (Å²) in [5.41, 5.74) is 0. The maximum Gasteiger partial charge on any atom is 0.310 e. The number of esters is 1. The van der Waals surface area contributed by atoms with Crippen molar-refractivity contribution in [3.63, 3.8) is 0 Å². The Morgan fingerprint density at radius 2 is 1.88 bits per heavy atom. The van der Waals surface area contributed by atoms with Crippen LogP contribution in [0.1, 0.15) is 20.3 Å². The zero-order valence-electron chi connectivity index (χ0n) is 10.4. The van der Waals surface area contributed by atoms with Gasteiger partial charge in [0.15, 0.2) is 0 Å². The van der Waals surface area contributed by atoms with Gasteiger partial charge in [-0.3, -0.25) is 14.4 Å². The maximum atomic E-state index is 11.5. The van der Waals surface area contributed by atoms with Gasteiger partial charge in [0.2, 0.25) is 11.8 Å². The number of nitrogens with zero attached hydrogens (tertiary/aromatic N) is 1. The van der Waals surface area contributed by atoms with E-state index in [-0.39, 0.29) is 29.7 Å². The van der Waals surface area contributed by atoms with Crippen molar-refractivity contribution in [1.29, 1.82) is 0 Å². The number of nitrogens with one attached hydrogen (secondary N) is 1. The Hall–Kier alpha value is -1.59. The van der Waals surface area contributed by atoms with Crippen LogP contribution in [0.2, 0.25) is 0 Å². The van der Waals surface area contributed by atoms with Crippen molar-refractivity contribution in [3.05, 3.63) is 0 Å². The second-order valence-electron chi connectivity index (χ2n) is 4.28. The molecule has 1 N–H and O–H groups in total. The van der Waals surface area contributed by atoms with E-state index >= 15 is 0 Å². The van der Waals surface area contributed by atoms with Crippen LogP contribution in [0.4, 0.5) is 0 Å². The number of likely N-dealkylation sites (tertiary alicyclic amines) is 1. The Kier molecular flexibility index (Phi) is 4.48. The van der Waals surface area contributed by atoms with Crippen molar-refractivity contribution in [3.8, 4) is 0 Å². The second kappa shape index (κ2) is 5.65. The van der Waals surface area contributed by atoms with Crippen LogP contribution in [0.5, 0.6) is 0 Å². The quantitative estimate of drug-likeness (QED) is 0.664. The Morgan fingerprint density at radius 3 is 2.35 bits per heavy atom. The molecule has 0 saturated carbocycles. The minimum atomic E-state index is -0.366. The molecule has 1 fully saturated rings. The zero-order chi connectivity index (χ0) is 13.0. The third-order valence-electron chi connectivity index (χ3n) is 2.84. The molecule has 1 heterocycles. The van der Waals surface area contributed by atoms with E-state index in [0.717, 1.165) is 0 Å². The summed E-state index contributed by atoms with van der Waals surface area (Å²) >= 11 is 0. The van der Waals surface area contributed by atoms with E-state index in [4.69, 9.17) is 0 Å². The molecule has 2 unspecified atom stereocenters. The fourth-order valence-electron chi connectivity index (χ4n) is 2.09. The Morgan fingerprint density at radius 1 is 1.24 bits per heavy atom. The molecule has 0 aliphatic carbocycles. The number of rotatable bonds is 2. The lowest BCUT2D eigenvalue weighted by Gasteiger charge is -2.36. The molecule has 0 aromatic heterocycles. The molecule has 17 heavy (non-hydrogen) atoms. The van der Waals surface area contributed by atoms with Crippen LogP contribution in [0.25, 0.3) is 0 Å². The number of piperidine rings is 1. The first-order valence-corrected chi connectivity index (χ1v) is 5.54. The summed E-state index contributed by atoms with van der Waals surface area (Å²) in [6, 6.07) is -0.186. The van der Waals surface area contributed by atoms with Crippen molar-refractivity contribution in [2.75, 3.05) is 20.2 Å². The zero-order valence-corrected chi connectivity index (χ0v) is 10.4. The summed E-state index contributed by atoms with van der Waals surface area (Å²) in [5.74, 6) is -0.973. The summed E-state index contributed by atoms with van der Waals surface area (Å²) in [5, 5.41) is 2.73. The number of hydrogen-bond acceptors (Lipinski definition) is 4. The summed E-state index contributed by atoms with van der Waals surface area (Å²) in [4.78, 5) is 35.4. The van der Waals surface area contributed by atoms with Crippen LogP contribution in [0, 0.1) is 5.92 Å². The van der Waals surface area contributed by atoms with E-state index in [2.05, 4.69) is 10.1 Å². The molecule has 96 valence electrons. The second-order valence-corrected chi connectivity index (χ2v) is 4.28. The topological polar surface area (TPSA) is 75.7 Å². The molecule has 0 aromatic carbocycles. The van der Waals surface area contributed by atoms with Crippen molar-refractivity contribution in [2.45, 2.75) is 26.3 Å². The van der Waals surface area contributed by atoms with Crippen molar-refractivity contribution >= 4 is 17.8 Å². The summed E-state index contributed by atoms with van der Waals surface area (Å²) < 4.78 is 4.68.